The topological polar surface area (TPSA) is 122 Å². The largest absolute Gasteiger partial charge is 0.468 e. The van der Waals surface area contributed by atoms with Gasteiger partial charge in [-0.15, -0.1) is 0 Å². The van der Waals surface area contributed by atoms with Crippen LogP contribution in [-0.2, 0) is 19.1 Å². The first kappa shape index (κ1) is 19.8. The van der Waals surface area contributed by atoms with Crippen molar-refractivity contribution < 1.29 is 19.1 Å². The van der Waals surface area contributed by atoms with Crippen LogP contribution in [0.1, 0.15) is 6.04 Å². The van der Waals surface area contributed by atoms with Crippen molar-refractivity contribution >= 4 is 75.5 Å². The Labute approximate surface area is 161 Å². The molecule has 136 valence electrons. The van der Waals surface area contributed by atoms with Crippen LogP contribution in [0.3, 0.4) is 0 Å². The summed E-state index contributed by atoms with van der Waals surface area (Å²) < 4.78 is 8.31. The summed E-state index contributed by atoms with van der Waals surface area (Å²) in [6.07, 6.45) is 1.19. The molecule has 25 heavy (non-hydrogen) atoms. The van der Waals surface area contributed by atoms with Crippen LogP contribution in [0.2, 0.25) is 5.15 Å². The molecule has 1 atom stereocenters. The number of alkyl halides is 3. The molecule has 2 N–H and O–H groups in total. The molecule has 0 saturated heterocycles. The number of nitrogen functional groups attached to an aromatic ring is 1. The molecule has 0 fully saturated rings. The minimum atomic E-state index is -2.15. The first-order chi connectivity index (χ1) is 11.6. The number of halogens is 4. The molecule has 2 aromatic rings. The van der Waals surface area contributed by atoms with Crippen molar-refractivity contribution in [3.8, 4) is 0 Å². The number of hydrogen-bond acceptors (Lipinski definition) is 8. The second kappa shape index (κ2) is 7.36. The highest BCUT2D eigenvalue weighted by Crippen LogP contribution is 2.45. The van der Waals surface area contributed by atoms with Crippen LogP contribution in [-0.4, -0.2) is 49.5 Å². The quantitative estimate of drug-likeness (QED) is 0.338. The number of imidazole rings is 1. The van der Waals surface area contributed by atoms with E-state index in [4.69, 9.17) is 52.1 Å². The average molecular weight is 431 g/mol. The van der Waals surface area contributed by atoms with Gasteiger partial charge in [0.25, 0.3) is 0 Å². The zero-order valence-electron chi connectivity index (χ0n) is 12.7. The molecule has 2 rings (SSSR count). The molecule has 0 aliphatic heterocycles. The molecule has 1 unspecified atom stereocenters. The lowest BCUT2D eigenvalue weighted by Crippen LogP contribution is -2.41. The zero-order valence-corrected chi connectivity index (χ0v) is 15.8. The zero-order chi connectivity index (χ0) is 18.9. The van der Waals surface area contributed by atoms with Gasteiger partial charge >= 0.3 is 11.9 Å². The summed E-state index contributed by atoms with van der Waals surface area (Å²) in [5.41, 5.74) is 5.78. The molecule has 0 bridgehead atoms. The van der Waals surface area contributed by atoms with E-state index in [1.165, 1.54) is 10.9 Å². The van der Waals surface area contributed by atoms with Crippen molar-refractivity contribution in [3.05, 3.63) is 11.5 Å². The molecule has 0 spiro atoms. The second-order valence-electron chi connectivity index (χ2n) is 4.71. The minimum Gasteiger partial charge on any atom is -0.468 e. The highest BCUT2D eigenvalue weighted by atomic mass is 35.6. The predicted octanol–water partition coefficient (Wildman–Crippen LogP) is 1.94. The monoisotopic (exact) mass is 429 g/mol. The molecular formula is C12H11Cl4N5O4. The number of nitrogens with zero attached hydrogens (tertiary/aromatic N) is 4. The summed E-state index contributed by atoms with van der Waals surface area (Å²) in [7, 11) is 2.16. The van der Waals surface area contributed by atoms with E-state index in [0.717, 1.165) is 14.2 Å². The first-order valence-corrected chi connectivity index (χ1v) is 8.01. The van der Waals surface area contributed by atoms with E-state index in [2.05, 4.69) is 24.4 Å². The van der Waals surface area contributed by atoms with Gasteiger partial charge in [0, 0.05) is 0 Å². The number of hydrogen-bond donors (Lipinski definition) is 1. The number of carbonyl (C=O) groups excluding carboxylic acids is 2. The molecule has 2 aromatic heterocycles. The summed E-state index contributed by atoms with van der Waals surface area (Å²) in [4.78, 5) is 36.1. The summed E-state index contributed by atoms with van der Waals surface area (Å²) in [6.45, 7) is 0. The van der Waals surface area contributed by atoms with Crippen LogP contribution >= 0.6 is 46.4 Å². The first-order valence-electron chi connectivity index (χ1n) is 6.49. The maximum atomic E-state index is 12.1. The Morgan fingerprint density at radius 1 is 1.20 bits per heavy atom. The molecule has 0 aliphatic rings. The number of esters is 2. The lowest BCUT2D eigenvalue weighted by Gasteiger charge is -2.30. The van der Waals surface area contributed by atoms with Gasteiger partial charge in [0.05, 0.1) is 20.5 Å². The Balaban J connectivity index is 2.74. The molecule has 0 aromatic carbocycles. The number of carbonyl (C=O) groups is 2. The SMILES string of the molecule is COC(=O)C(C(=O)OC)C(n1cnc2c(Cl)nc(N)nc21)C(Cl)(Cl)Cl. The van der Waals surface area contributed by atoms with Gasteiger partial charge in [0.1, 0.15) is 11.6 Å². The van der Waals surface area contributed by atoms with E-state index >= 15 is 0 Å². The van der Waals surface area contributed by atoms with Crippen molar-refractivity contribution in [2.45, 2.75) is 9.83 Å². The summed E-state index contributed by atoms with van der Waals surface area (Å²) in [5, 5.41) is -0.0444. The fraction of sp³-hybridized carbons (Fsp3) is 0.417. The number of ether oxygens (including phenoxy) is 2. The Kier molecular flexibility index (Phi) is 5.82. The lowest BCUT2D eigenvalue weighted by atomic mass is 10.0. The average Bonchev–Trinajstić information content (AvgIpc) is 2.93. The van der Waals surface area contributed by atoms with E-state index in [-0.39, 0.29) is 22.3 Å². The van der Waals surface area contributed by atoms with Gasteiger partial charge < -0.3 is 19.8 Å². The van der Waals surface area contributed by atoms with E-state index in [0.29, 0.717) is 0 Å². The fourth-order valence-corrected chi connectivity index (χ4v) is 3.13. The van der Waals surface area contributed by atoms with Crippen LogP contribution < -0.4 is 5.73 Å². The smallest absolute Gasteiger partial charge is 0.322 e. The van der Waals surface area contributed by atoms with Crippen LogP contribution in [0.25, 0.3) is 11.2 Å². The summed E-state index contributed by atoms with van der Waals surface area (Å²) in [6, 6.07) is -1.41. The van der Waals surface area contributed by atoms with Gasteiger partial charge in [-0.1, -0.05) is 46.4 Å². The van der Waals surface area contributed by atoms with Crippen LogP contribution in [0.15, 0.2) is 6.33 Å². The van der Waals surface area contributed by atoms with Gasteiger partial charge in [-0.25, -0.2) is 4.98 Å². The van der Waals surface area contributed by atoms with Gasteiger partial charge in [0.15, 0.2) is 16.7 Å². The van der Waals surface area contributed by atoms with Crippen molar-refractivity contribution in [2.24, 2.45) is 5.92 Å². The number of aromatic nitrogens is 4. The molecule has 13 heteroatoms. The van der Waals surface area contributed by atoms with E-state index in [9.17, 15) is 9.59 Å². The lowest BCUT2D eigenvalue weighted by molar-refractivity contribution is -0.161. The predicted molar refractivity (Wildman–Crippen MR) is 91.6 cm³/mol. The molecule has 9 nitrogen and oxygen atoms in total. The molecule has 0 radical (unpaired) electrons. The van der Waals surface area contributed by atoms with E-state index in [1.807, 2.05) is 0 Å². The minimum absolute atomic E-state index is 0.0444. The van der Waals surface area contributed by atoms with Crippen LogP contribution in [0, 0.1) is 5.92 Å². The highest BCUT2D eigenvalue weighted by Gasteiger charge is 2.49. The number of nitrogens with two attached hydrogens (primary N) is 1. The van der Waals surface area contributed by atoms with Crippen molar-refractivity contribution in [1.29, 1.82) is 0 Å². The van der Waals surface area contributed by atoms with Crippen LogP contribution in [0.4, 0.5) is 5.95 Å². The normalized spacial score (nSPS) is 13.1. The number of rotatable bonds is 4. The molecule has 0 saturated carbocycles. The van der Waals surface area contributed by atoms with E-state index in [1.54, 1.807) is 0 Å². The number of anilines is 1. The maximum absolute atomic E-state index is 12.1. The third-order valence-corrected chi connectivity index (χ3v) is 4.19. The molecular weight excluding hydrogens is 420 g/mol. The second-order valence-corrected chi connectivity index (χ2v) is 7.43. The maximum Gasteiger partial charge on any atom is 0.322 e. The Bertz CT molecular complexity index is 806. The Morgan fingerprint density at radius 2 is 1.76 bits per heavy atom. The van der Waals surface area contributed by atoms with Crippen molar-refractivity contribution in [2.75, 3.05) is 20.0 Å². The highest BCUT2D eigenvalue weighted by molar-refractivity contribution is 6.68. The summed E-state index contributed by atoms with van der Waals surface area (Å²) >= 11 is 24.0. The van der Waals surface area contributed by atoms with Gasteiger partial charge in [0.2, 0.25) is 9.74 Å². The Morgan fingerprint density at radius 3 is 2.24 bits per heavy atom. The number of methoxy groups -OCH3 is 2. The van der Waals surface area contributed by atoms with Crippen LogP contribution in [0.5, 0.6) is 0 Å². The molecule has 0 aliphatic carbocycles. The number of fused-ring (bicyclic) bond motifs is 1. The molecule has 2 heterocycles. The van der Waals surface area contributed by atoms with Crippen molar-refractivity contribution in [3.63, 3.8) is 0 Å². The molecule has 0 amide bonds. The van der Waals surface area contributed by atoms with Crippen molar-refractivity contribution in [1.82, 2.24) is 19.5 Å². The van der Waals surface area contributed by atoms with Gasteiger partial charge in [-0.2, -0.15) is 9.97 Å². The van der Waals surface area contributed by atoms with Gasteiger partial charge in [-0.3, -0.25) is 9.59 Å². The van der Waals surface area contributed by atoms with Gasteiger partial charge in [-0.05, 0) is 0 Å². The Hall–Kier alpha value is -1.55. The summed E-state index contributed by atoms with van der Waals surface area (Å²) in [5.74, 6) is -3.74. The van der Waals surface area contributed by atoms with E-state index < -0.39 is 27.7 Å². The standard InChI is InChI=1S/C12H11Cl4N5O4/c1-24-9(22)4(10(23)25-2)6(12(14,15)16)21-3-18-5-7(13)19-11(17)20-8(5)21/h3-4,6H,1-2H3,(H2,17,19,20). The fourth-order valence-electron chi connectivity index (χ4n) is 2.22. The third kappa shape index (κ3) is 3.84. The third-order valence-electron chi connectivity index (χ3n) is 3.26.